The van der Waals surface area contributed by atoms with Crippen LogP contribution in [0.5, 0.6) is 5.75 Å². The van der Waals surface area contributed by atoms with Gasteiger partial charge in [-0.1, -0.05) is 53.2 Å². The van der Waals surface area contributed by atoms with E-state index >= 15 is 0 Å². The van der Waals surface area contributed by atoms with Crippen molar-refractivity contribution in [3.8, 4) is 11.4 Å². The number of aromatic nitrogens is 4. The van der Waals surface area contributed by atoms with Gasteiger partial charge in [0.05, 0.1) is 22.8 Å². The summed E-state index contributed by atoms with van der Waals surface area (Å²) in [6.07, 6.45) is 0.241. The molecule has 3 rings (SSSR count). The number of nitrogens with zero attached hydrogens (tertiary/aromatic N) is 4. The standard InChI is InChI=1S/C17H15Cl2N5O2S/c1-26-14-8-3-2-7-13(14)24-17(21-22-23-24)27-10-9-15(25)20-16-11(18)5-4-6-12(16)19/h2-8H,9-10H2,1H3,(H,20,25). The third-order valence-corrected chi connectivity index (χ3v) is 5.09. The highest BCUT2D eigenvalue weighted by Crippen LogP contribution is 2.30. The second-order valence-electron chi connectivity index (χ2n) is 5.29. The molecule has 1 heterocycles. The van der Waals surface area contributed by atoms with E-state index in [-0.39, 0.29) is 12.3 Å². The van der Waals surface area contributed by atoms with Crippen molar-refractivity contribution < 1.29 is 9.53 Å². The van der Waals surface area contributed by atoms with Gasteiger partial charge in [0.25, 0.3) is 0 Å². The summed E-state index contributed by atoms with van der Waals surface area (Å²) in [7, 11) is 1.58. The molecule has 0 bridgehead atoms. The quantitative estimate of drug-likeness (QED) is 0.576. The monoisotopic (exact) mass is 423 g/mol. The molecule has 0 atom stereocenters. The first-order valence-electron chi connectivity index (χ1n) is 7.88. The van der Waals surface area contributed by atoms with Crippen LogP contribution in [0, 0.1) is 0 Å². The van der Waals surface area contributed by atoms with Gasteiger partial charge in [-0.25, -0.2) is 0 Å². The van der Waals surface area contributed by atoms with E-state index in [1.807, 2.05) is 24.3 Å². The molecular formula is C17H15Cl2N5O2S. The summed E-state index contributed by atoms with van der Waals surface area (Å²) < 4.78 is 6.92. The summed E-state index contributed by atoms with van der Waals surface area (Å²) in [6.45, 7) is 0. The molecule has 0 aliphatic heterocycles. The van der Waals surface area contributed by atoms with Gasteiger partial charge in [0.1, 0.15) is 11.4 Å². The molecule has 7 nitrogen and oxygen atoms in total. The molecule has 10 heteroatoms. The van der Waals surface area contributed by atoms with Crippen molar-refractivity contribution in [2.45, 2.75) is 11.6 Å². The number of anilines is 1. The van der Waals surface area contributed by atoms with E-state index in [0.717, 1.165) is 5.69 Å². The summed E-state index contributed by atoms with van der Waals surface area (Å²) in [5.74, 6) is 0.926. The molecular weight excluding hydrogens is 409 g/mol. The van der Waals surface area contributed by atoms with Crippen LogP contribution >= 0.6 is 35.0 Å². The topological polar surface area (TPSA) is 81.9 Å². The molecule has 0 saturated heterocycles. The van der Waals surface area contributed by atoms with Gasteiger partial charge in [-0.3, -0.25) is 4.79 Å². The summed E-state index contributed by atoms with van der Waals surface area (Å²) in [4.78, 5) is 12.2. The van der Waals surface area contributed by atoms with Crippen molar-refractivity contribution >= 4 is 46.6 Å². The van der Waals surface area contributed by atoms with Gasteiger partial charge in [0.2, 0.25) is 11.1 Å². The van der Waals surface area contributed by atoms with Crippen molar-refractivity contribution in [2.75, 3.05) is 18.2 Å². The Kier molecular flexibility index (Phi) is 6.54. The lowest BCUT2D eigenvalue weighted by Crippen LogP contribution is -2.13. The molecule has 0 saturated carbocycles. The van der Waals surface area contributed by atoms with Crippen molar-refractivity contribution in [3.05, 3.63) is 52.5 Å². The van der Waals surface area contributed by atoms with Gasteiger partial charge in [0.15, 0.2) is 0 Å². The van der Waals surface area contributed by atoms with Gasteiger partial charge in [-0.2, -0.15) is 4.68 Å². The normalized spacial score (nSPS) is 10.6. The fourth-order valence-electron chi connectivity index (χ4n) is 2.28. The SMILES string of the molecule is COc1ccccc1-n1nnnc1SCCC(=O)Nc1c(Cl)cccc1Cl. The fraction of sp³-hybridized carbons (Fsp3) is 0.176. The Balaban J connectivity index is 1.62. The summed E-state index contributed by atoms with van der Waals surface area (Å²) in [5, 5.41) is 15.8. The predicted octanol–water partition coefficient (Wildman–Crippen LogP) is 4.10. The van der Waals surface area contributed by atoms with Crippen LogP contribution in [0.15, 0.2) is 47.6 Å². The average Bonchev–Trinajstić information content (AvgIpc) is 3.13. The number of halogens is 2. The number of para-hydroxylation sites is 3. The molecule has 0 unspecified atom stereocenters. The zero-order valence-corrected chi connectivity index (χ0v) is 16.6. The lowest BCUT2D eigenvalue weighted by Gasteiger charge is -2.10. The van der Waals surface area contributed by atoms with Crippen LogP contribution < -0.4 is 10.1 Å². The molecule has 0 aliphatic rings. The Morgan fingerprint density at radius 1 is 1.19 bits per heavy atom. The number of ether oxygens (including phenoxy) is 1. The lowest BCUT2D eigenvalue weighted by atomic mass is 10.3. The molecule has 0 fully saturated rings. The Morgan fingerprint density at radius 2 is 1.93 bits per heavy atom. The largest absolute Gasteiger partial charge is 0.494 e. The maximum absolute atomic E-state index is 12.2. The van der Waals surface area contributed by atoms with E-state index in [1.54, 1.807) is 30.0 Å². The Morgan fingerprint density at radius 3 is 2.67 bits per heavy atom. The fourth-order valence-corrected chi connectivity index (χ4v) is 3.59. The number of benzene rings is 2. The summed E-state index contributed by atoms with van der Waals surface area (Å²) >= 11 is 13.5. The second kappa shape index (κ2) is 9.07. The number of hydrogen-bond donors (Lipinski definition) is 1. The Bertz CT molecular complexity index is 930. The molecule has 0 spiro atoms. The molecule has 3 aromatic rings. The van der Waals surface area contributed by atoms with E-state index in [4.69, 9.17) is 27.9 Å². The first kappa shape index (κ1) is 19.5. The Hall–Kier alpha value is -2.29. The van der Waals surface area contributed by atoms with Crippen molar-refractivity contribution in [2.24, 2.45) is 0 Å². The van der Waals surface area contributed by atoms with Gasteiger partial charge in [-0.05, 0) is 34.7 Å². The molecule has 2 aromatic carbocycles. The average molecular weight is 424 g/mol. The first-order chi connectivity index (χ1) is 13.1. The highest BCUT2D eigenvalue weighted by atomic mass is 35.5. The van der Waals surface area contributed by atoms with E-state index in [0.29, 0.717) is 32.4 Å². The van der Waals surface area contributed by atoms with E-state index < -0.39 is 0 Å². The summed E-state index contributed by atoms with van der Waals surface area (Å²) in [5.41, 5.74) is 1.13. The van der Waals surface area contributed by atoms with E-state index in [2.05, 4.69) is 20.8 Å². The minimum absolute atomic E-state index is 0.200. The number of tetrazole rings is 1. The molecule has 27 heavy (non-hydrogen) atoms. The van der Waals surface area contributed by atoms with E-state index in [1.165, 1.54) is 11.8 Å². The van der Waals surface area contributed by atoms with Crippen molar-refractivity contribution in [3.63, 3.8) is 0 Å². The number of nitrogens with one attached hydrogen (secondary N) is 1. The van der Waals surface area contributed by atoms with Crippen LogP contribution in [-0.4, -0.2) is 39.0 Å². The van der Waals surface area contributed by atoms with Gasteiger partial charge in [-0.15, -0.1) is 5.10 Å². The number of thioether (sulfide) groups is 1. The van der Waals surface area contributed by atoms with Crippen LogP contribution in [0.25, 0.3) is 5.69 Å². The van der Waals surface area contributed by atoms with E-state index in [9.17, 15) is 4.79 Å². The van der Waals surface area contributed by atoms with Crippen LogP contribution in [0.2, 0.25) is 10.0 Å². The van der Waals surface area contributed by atoms with Crippen LogP contribution in [0.4, 0.5) is 5.69 Å². The van der Waals surface area contributed by atoms with Crippen molar-refractivity contribution in [1.82, 2.24) is 20.2 Å². The zero-order chi connectivity index (χ0) is 19.2. The number of methoxy groups -OCH3 is 1. The maximum Gasteiger partial charge on any atom is 0.225 e. The molecule has 1 N–H and O–H groups in total. The lowest BCUT2D eigenvalue weighted by molar-refractivity contribution is -0.115. The highest BCUT2D eigenvalue weighted by Gasteiger charge is 2.14. The third-order valence-electron chi connectivity index (χ3n) is 3.54. The number of amides is 1. The Labute approximate surface area is 170 Å². The number of carbonyl (C=O) groups excluding carboxylic acids is 1. The highest BCUT2D eigenvalue weighted by molar-refractivity contribution is 7.99. The molecule has 1 amide bonds. The molecule has 140 valence electrons. The summed E-state index contributed by atoms with van der Waals surface area (Å²) in [6, 6.07) is 12.5. The maximum atomic E-state index is 12.2. The third kappa shape index (κ3) is 4.71. The number of rotatable bonds is 7. The van der Waals surface area contributed by atoms with Gasteiger partial charge in [0, 0.05) is 12.2 Å². The van der Waals surface area contributed by atoms with Crippen molar-refractivity contribution in [1.29, 1.82) is 0 Å². The second-order valence-corrected chi connectivity index (χ2v) is 7.16. The zero-order valence-electron chi connectivity index (χ0n) is 14.2. The number of carbonyl (C=O) groups is 1. The molecule has 0 radical (unpaired) electrons. The molecule has 0 aliphatic carbocycles. The predicted molar refractivity (Wildman–Crippen MR) is 106 cm³/mol. The molecule has 1 aromatic heterocycles. The van der Waals surface area contributed by atoms with Gasteiger partial charge >= 0.3 is 0 Å². The smallest absolute Gasteiger partial charge is 0.225 e. The minimum Gasteiger partial charge on any atom is -0.494 e. The first-order valence-corrected chi connectivity index (χ1v) is 9.62. The minimum atomic E-state index is -0.200. The van der Waals surface area contributed by atoms with Crippen LogP contribution in [0.3, 0.4) is 0 Å². The number of hydrogen-bond acceptors (Lipinski definition) is 6. The van der Waals surface area contributed by atoms with Crippen LogP contribution in [-0.2, 0) is 4.79 Å². The van der Waals surface area contributed by atoms with Gasteiger partial charge < -0.3 is 10.1 Å². The van der Waals surface area contributed by atoms with Crippen LogP contribution in [0.1, 0.15) is 6.42 Å².